The number of nitriles is 1. The number of nitrogens with one attached hydrogen (secondary N) is 1. The maximum atomic E-state index is 11.5. The number of aromatic nitrogens is 1. The van der Waals surface area contributed by atoms with Crippen LogP contribution in [-0.2, 0) is 16.0 Å². The Morgan fingerprint density at radius 2 is 2.37 bits per heavy atom. The Hall–Kier alpha value is -2.32. The Morgan fingerprint density at radius 3 is 3.05 bits per heavy atom. The van der Waals surface area contributed by atoms with E-state index < -0.39 is 12.0 Å². The van der Waals surface area contributed by atoms with Crippen LogP contribution >= 0.6 is 0 Å². The summed E-state index contributed by atoms with van der Waals surface area (Å²) >= 11 is 0. The molecule has 0 saturated carbocycles. The highest BCUT2D eigenvalue weighted by Crippen LogP contribution is 2.23. The Morgan fingerprint density at radius 1 is 1.58 bits per heavy atom. The average molecular weight is 257 g/mol. The van der Waals surface area contributed by atoms with Gasteiger partial charge in [0.25, 0.3) is 0 Å². The molecule has 1 atom stereocenters. The van der Waals surface area contributed by atoms with E-state index in [4.69, 9.17) is 15.7 Å². The summed E-state index contributed by atoms with van der Waals surface area (Å²) < 4.78 is 4.88. The van der Waals surface area contributed by atoms with Crippen LogP contribution in [0.15, 0.2) is 24.4 Å². The number of esters is 1. The first kappa shape index (κ1) is 13.1. The van der Waals surface area contributed by atoms with Gasteiger partial charge in [0.05, 0.1) is 18.2 Å². The van der Waals surface area contributed by atoms with Gasteiger partial charge in [0, 0.05) is 23.5 Å². The lowest BCUT2D eigenvalue weighted by Crippen LogP contribution is -2.34. The first-order chi connectivity index (χ1) is 9.17. The van der Waals surface area contributed by atoms with Crippen molar-refractivity contribution in [3.63, 3.8) is 0 Å². The largest absolute Gasteiger partial charge is 0.465 e. The highest BCUT2D eigenvalue weighted by molar-refractivity contribution is 5.89. The van der Waals surface area contributed by atoms with E-state index in [1.54, 1.807) is 19.2 Å². The third kappa shape index (κ3) is 2.59. The van der Waals surface area contributed by atoms with Crippen LogP contribution in [0.2, 0.25) is 0 Å². The van der Waals surface area contributed by atoms with Crippen molar-refractivity contribution in [2.24, 2.45) is 5.73 Å². The second-order valence-corrected chi connectivity index (χ2v) is 4.22. The number of nitrogens with two attached hydrogens (primary N) is 1. The van der Waals surface area contributed by atoms with Crippen LogP contribution in [0, 0.1) is 11.3 Å². The van der Waals surface area contributed by atoms with Crippen LogP contribution in [0.1, 0.15) is 18.1 Å². The molecule has 0 aliphatic rings. The summed E-state index contributed by atoms with van der Waals surface area (Å²) in [4.78, 5) is 14.6. The fraction of sp³-hybridized carbons (Fsp3) is 0.286. The molecule has 3 N–H and O–H groups in total. The predicted molar refractivity (Wildman–Crippen MR) is 71.3 cm³/mol. The van der Waals surface area contributed by atoms with Gasteiger partial charge in [0.1, 0.15) is 6.04 Å². The van der Waals surface area contributed by atoms with Crippen molar-refractivity contribution in [3.05, 3.63) is 35.5 Å². The fourth-order valence-electron chi connectivity index (χ4n) is 2.08. The van der Waals surface area contributed by atoms with E-state index in [1.807, 2.05) is 12.1 Å². The molecular formula is C14H15N3O2. The average Bonchev–Trinajstić information content (AvgIpc) is 2.82. The second kappa shape index (κ2) is 5.55. The number of nitrogens with zero attached hydrogens (tertiary/aromatic N) is 1. The van der Waals surface area contributed by atoms with Crippen LogP contribution in [0.4, 0.5) is 0 Å². The molecule has 2 rings (SSSR count). The zero-order chi connectivity index (χ0) is 13.8. The van der Waals surface area contributed by atoms with Crippen molar-refractivity contribution >= 4 is 16.9 Å². The van der Waals surface area contributed by atoms with Gasteiger partial charge >= 0.3 is 5.97 Å². The van der Waals surface area contributed by atoms with E-state index in [1.165, 1.54) is 0 Å². The molecule has 0 spiro atoms. The SMILES string of the molecule is CCOC(=O)[C@@H](N)Cc1c[nH]c2cccc(C#N)c12. The normalized spacial score (nSPS) is 12.1. The molecule has 5 nitrogen and oxygen atoms in total. The maximum absolute atomic E-state index is 11.5. The van der Waals surface area contributed by atoms with Gasteiger partial charge < -0.3 is 15.5 Å². The molecule has 98 valence electrons. The number of benzene rings is 1. The highest BCUT2D eigenvalue weighted by Gasteiger charge is 2.18. The molecule has 0 aliphatic carbocycles. The van der Waals surface area contributed by atoms with E-state index in [9.17, 15) is 4.79 Å². The lowest BCUT2D eigenvalue weighted by molar-refractivity contribution is -0.144. The van der Waals surface area contributed by atoms with E-state index in [0.717, 1.165) is 16.5 Å². The molecule has 19 heavy (non-hydrogen) atoms. The number of ether oxygens (including phenoxy) is 1. The van der Waals surface area contributed by atoms with E-state index in [-0.39, 0.29) is 0 Å². The van der Waals surface area contributed by atoms with Gasteiger partial charge in [-0.05, 0) is 24.6 Å². The Labute approximate surface area is 111 Å². The van der Waals surface area contributed by atoms with Gasteiger partial charge in [-0.1, -0.05) is 6.07 Å². The number of hydrogen-bond donors (Lipinski definition) is 2. The van der Waals surface area contributed by atoms with Gasteiger partial charge in [-0.15, -0.1) is 0 Å². The maximum Gasteiger partial charge on any atom is 0.323 e. The summed E-state index contributed by atoms with van der Waals surface area (Å²) in [6, 6.07) is 6.87. The van der Waals surface area contributed by atoms with Crippen LogP contribution in [-0.4, -0.2) is 23.6 Å². The molecule has 0 radical (unpaired) electrons. The lowest BCUT2D eigenvalue weighted by atomic mass is 10.0. The zero-order valence-electron chi connectivity index (χ0n) is 10.6. The zero-order valence-corrected chi connectivity index (χ0v) is 10.6. The molecule has 0 aliphatic heterocycles. The Balaban J connectivity index is 2.31. The Kier molecular flexibility index (Phi) is 3.83. The molecule has 1 aromatic heterocycles. The third-order valence-electron chi connectivity index (χ3n) is 2.94. The van der Waals surface area contributed by atoms with Gasteiger partial charge in [-0.2, -0.15) is 5.26 Å². The number of H-pyrrole nitrogens is 1. The van der Waals surface area contributed by atoms with E-state index in [0.29, 0.717) is 18.6 Å². The number of carbonyl (C=O) groups excluding carboxylic acids is 1. The summed E-state index contributed by atoms with van der Waals surface area (Å²) in [7, 11) is 0. The molecule has 1 aromatic carbocycles. The monoisotopic (exact) mass is 257 g/mol. The van der Waals surface area contributed by atoms with Crippen molar-refractivity contribution in [3.8, 4) is 6.07 Å². The molecule has 2 aromatic rings. The molecule has 0 saturated heterocycles. The second-order valence-electron chi connectivity index (χ2n) is 4.22. The van der Waals surface area contributed by atoms with Crippen LogP contribution in [0.25, 0.3) is 10.9 Å². The van der Waals surface area contributed by atoms with Crippen molar-refractivity contribution in [2.75, 3.05) is 6.61 Å². The first-order valence-corrected chi connectivity index (χ1v) is 6.08. The minimum atomic E-state index is -0.717. The van der Waals surface area contributed by atoms with Crippen molar-refractivity contribution < 1.29 is 9.53 Å². The van der Waals surface area contributed by atoms with Gasteiger partial charge in [0.2, 0.25) is 0 Å². The van der Waals surface area contributed by atoms with Crippen molar-refractivity contribution in [1.29, 1.82) is 5.26 Å². The smallest absolute Gasteiger partial charge is 0.323 e. The number of hydrogen-bond acceptors (Lipinski definition) is 4. The summed E-state index contributed by atoms with van der Waals surface area (Å²) in [5.41, 5.74) is 8.10. The van der Waals surface area contributed by atoms with Crippen LogP contribution in [0.5, 0.6) is 0 Å². The number of aromatic amines is 1. The number of fused-ring (bicyclic) bond motifs is 1. The summed E-state index contributed by atoms with van der Waals surface area (Å²) in [5.74, 6) is -0.425. The molecule has 5 heteroatoms. The molecular weight excluding hydrogens is 242 g/mol. The number of rotatable bonds is 4. The van der Waals surface area contributed by atoms with Gasteiger partial charge in [-0.3, -0.25) is 4.79 Å². The number of carbonyl (C=O) groups is 1. The summed E-state index contributed by atoms with van der Waals surface area (Å²) in [6.45, 7) is 2.05. The van der Waals surface area contributed by atoms with E-state index in [2.05, 4.69) is 11.1 Å². The molecule has 1 heterocycles. The highest BCUT2D eigenvalue weighted by atomic mass is 16.5. The van der Waals surface area contributed by atoms with Crippen molar-refractivity contribution in [2.45, 2.75) is 19.4 Å². The summed E-state index contributed by atoms with van der Waals surface area (Å²) in [5, 5.41) is 9.94. The van der Waals surface area contributed by atoms with Gasteiger partial charge in [0.15, 0.2) is 0 Å². The topological polar surface area (TPSA) is 91.9 Å². The van der Waals surface area contributed by atoms with E-state index >= 15 is 0 Å². The molecule has 0 amide bonds. The third-order valence-corrected chi connectivity index (χ3v) is 2.94. The fourth-order valence-corrected chi connectivity index (χ4v) is 2.08. The van der Waals surface area contributed by atoms with Gasteiger partial charge in [-0.25, -0.2) is 0 Å². The molecule has 0 fully saturated rings. The predicted octanol–water partition coefficient (Wildman–Crippen LogP) is 1.47. The minimum absolute atomic E-state index is 0.309. The lowest BCUT2D eigenvalue weighted by Gasteiger charge is -2.09. The quantitative estimate of drug-likeness (QED) is 0.811. The Bertz CT molecular complexity index is 640. The standard InChI is InChI=1S/C14H15N3O2/c1-2-19-14(18)11(16)6-10-8-17-12-5-3-4-9(7-15)13(10)12/h3-5,8,11,17H,2,6,16H2,1H3/t11-/m0/s1. The van der Waals surface area contributed by atoms with Crippen LogP contribution in [0.3, 0.4) is 0 Å². The molecule has 0 unspecified atom stereocenters. The minimum Gasteiger partial charge on any atom is -0.465 e. The first-order valence-electron chi connectivity index (χ1n) is 6.08. The van der Waals surface area contributed by atoms with Crippen LogP contribution < -0.4 is 5.73 Å². The summed E-state index contributed by atoms with van der Waals surface area (Å²) in [6.07, 6.45) is 2.13. The van der Waals surface area contributed by atoms with Crippen molar-refractivity contribution in [1.82, 2.24) is 4.98 Å². The molecule has 0 bridgehead atoms.